The molecule has 0 unspecified atom stereocenters. The van der Waals surface area contributed by atoms with E-state index in [4.69, 9.17) is 0 Å². The number of aromatic amines is 1. The molecule has 2 aromatic heterocycles. The Morgan fingerprint density at radius 2 is 2.06 bits per heavy atom. The first-order chi connectivity index (χ1) is 16.6. The maximum Gasteiger partial charge on any atom is 0.335 e. The summed E-state index contributed by atoms with van der Waals surface area (Å²) in [6.45, 7) is 3.75. The molecule has 5 rings (SSSR count). The summed E-state index contributed by atoms with van der Waals surface area (Å²) in [7, 11) is 0. The van der Waals surface area contributed by atoms with Crippen molar-refractivity contribution in [2.45, 2.75) is 56.5 Å². The van der Waals surface area contributed by atoms with Gasteiger partial charge in [-0.25, -0.2) is 13.6 Å². The fraction of sp³-hybridized carbons (Fsp3) is 0.346. The first-order valence-electron chi connectivity index (χ1n) is 11.4. The summed E-state index contributed by atoms with van der Waals surface area (Å²) in [6.07, 6.45) is 1.90. The maximum atomic E-state index is 16.1. The Bertz CT molecular complexity index is 1510. The van der Waals surface area contributed by atoms with Gasteiger partial charge in [-0.2, -0.15) is 10.4 Å². The molecule has 7 nitrogen and oxygen atoms in total. The van der Waals surface area contributed by atoms with Gasteiger partial charge in [0.15, 0.2) is 11.4 Å². The van der Waals surface area contributed by atoms with E-state index in [2.05, 4.69) is 16.3 Å². The highest BCUT2D eigenvalue weighted by molar-refractivity contribution is 6.00. The number of carbonyl (C=O) groups is 1. The van der Waals surface area contributed by atoms with Gasteiger partial charge in [-0.1, -0.05) is 13.8 Å². The van der Waals surface area contributed by atoms with Crippen LogP contribution in [0.2, 0.25) is 0 Å². The third kappa shape index (κ3) is 3.48. The molecule has 0 amide bonds. The first kappa shape index (κ1) is 23.0. The van der Waals surface area contributed by atoms with Crippen LogP contribution in [0.5, 0.6) is 0 Å². The maximum absolute atomic E-state index is 16.1. The number of carboxylic acids is 1. The number of nitrogens with one attached hydrogen (secondary N) is 1. The summed E-state index contributed by atoms with van der Waals surface area (Å²) >= 11 is 0. The van der Waals surface area contributed by atoms with E-state index in [0.717, 1.165) is 0 Å². The van der Waals surface area contributed by atoms with Crippen LogP contribution in [0.1, 0.15) is 56.7 Å². The summed E-state index contributed by atoms with van der Waals surface area (Å²) in [4.78, 5) is 11.8. The molecule has 0 saturated heterocycles. The number of carboxylic acid groups (broad SMARTS) is 1. The van der Waals surface area contributed by atoms with E-state index in [1.165, 1.54) is 18.3 Å². The second kappa shape index (κ2) is 7.89. The van der Waals surface area contributed by atoms with Crippen molar-refractivity contribution in [1.29, 1.82) is 5.26 Å². The van der Waals surface area contributed by atoms with Gasteiger partial charge in [0.2, 0.25) is 0 Å². The molecule has 35 heavy (non-hydrogen) atoms. The molecule has 3 N–H and O–H groups in total. The Hall–Kier alpha value is -3.77. The average molecular weight is 478 g/mol. The molecular weight excluding hydrogens is 454 g/mol. The largest absolute Gasteiger partial charge is 0.479 e. The number of aliphatic hydroxyl groups is 1. The molecule has 0 spiro atoms. The molecular formula is C26H24F2N4O3. The summed E-state index contributed by atoms with van der Waals surface area (Å²) in [5, 5.41) is 37.4. The van der Waals surface area contributed by atoms with Gasteiger partial charge in [-0.3, -0.25) is 5.10 Å². The summed E-state index contributed by atoms with van der Waals surface area (Å²) in [5.41, 5.74) is -0.191. The highest BCUT2D eigenvalue weighted by atomic mass is 19.1. The molecule has 180 valence electrons. The number of aromatic nitrogens is 3. The van der Waals surface area contributed by atoms with E-state index in [0.29, 0.717) is 34.3 Å². The van der Waals surface area contributed by atoms with Crippen LogP contribution >= 0.6 is 0 Å². The van der Waals surface area contributed by atoms with Gasteiger partial charge < -0.3 is 14.8 Å². The molecule has 9 heteroatoms. The lowest BCUT2D eigenvalue weighted by molar-refractivity contribution is -0.157. The molecule has 2 atom stereocenters. The molecule has 0 bridgehead atoms. The smallest absolute Gasteiger partial charge is 0.335 e. The van der Waals surface area contributed by atoms with Crippen molar-refractivity contribution in [1.82, 2.24) is 14.8 Å². The van der Waals surface area contributed by atoms with Gasteiger partial charge >= 0.3 is 5.97 Å². The minimum Gasteiger partial charge on any atom is -0.479 e. The number of rotatable bonds is 5. The minimum absolute atomic E-state index is 0.0300. The van der Waals surface area contributed by atoms with Crippen LogP contribution in [0.3, 0.4) is 0 Å². The lowest BCUT2D eigenvalue weighted by Gasteiger charge is -2.28. The Kier molecular flexibility index (Phi) is 5.18. The Labute approximate surface area is 199 Å². The lowest BCUT2D eigenvalue weighted by Crippen LogP contribution is -2.35. The molecule has 4 aromatic rings. The van der Waals surface area contributed by atoms with E-state index >= 15 is 4.39 Å². The van der Waals surface area contributed by atoms with Crippen molar-refractivity contribution in [3.8, 4) is 11.8 Å². The Balaban J connectivity index is 1.92. The van der Waals surface area contributed by atoms with E-state index < -0.39 is 34.5 Å². The van der Waals surface area contributed by atoms with Gasteiger partial charge in [0.25, 0.3) is 0 Å². The van der Waals surface area contributed by atoms with Gasteiger partial charge in [0.05, 0.1) is 17.8 Å². The number of halogens is 2. The fourth-order valence-corrected chi connectivity index (χ4v) is 5.50. The number of H-pyrrole nitrogens is 1. The highest BCUT2D eigenvalue weighted by Gasteiger charge is 2.47. The second-order valence-electron chi connectivity index (χ2n) is 9.99. The third-order valence-corrected chi connectivity index (χ3v) is 7.19. The number of hydrogen-bond acceptors (Lipinski definition) is 4. The minimum atomic E-state index is -1.92. The topological polar surface area (TPSA) is 115 Å². The van der Waals surface area contributed by atoms with E-state index in [-0.39, 0.29) is 30.2 Å². The average Bonchev–Trinajstić information content (AvgIpc) is 3.51. The number of fused-ring (bicyclic) bond motifs is 2. The molecule has 2 aromatic carbocycles. The Morgan fingerprint density at radius 1 is 1.34 bits per heavy atom. The van der Waals surface area contributed by atoms with Crippen LogP contribution < -0.4 is 0 Å². The number of hydrogen-bond donors (Lipinski definition) is 3. The van der Waals surface area contributed by atoms with Crippen molar-refractivity contribution < 1.29 is 23.8 Å². The molecule has 0 radical (unpaired) electrons. The molecule has 1 fully saturated rings. The Morgan fingerprint density at radius 3 is 2.69 bits per heavy atom. The van der Waals surface area contributed by atoms with Gasteiger partial charge in [0.1, 0.15) is 11.3 Å². The van der Waals surface area contributed by atoms with Crippen LogP contribution in [0.4, 0.5) is 8.78 Å². The normalized spacial score (nSPS) is 20.5. The second-order valence-corrected chi connectivity index (χ2v) is 9.99. The summed E-state index contributed by atoms with van der Waals surface area (Å²) < 4.78 is 31.8. The number of nitrogens with zero attached hydrogens (tertiary/aromatic N) is 3. The van der Waals surface area contributed by atoms with Crippen LogP contribution in [-0.4, -0.2) is 36.5 Å². The van der Waals surface area contributed by atoms with E-state index in [9.17, 15) is 24.7 Å². The van der Waals surface area contributed by atoms with Crippen LogP contribution in [0.25, 0.3) is 27.5 Å². The van der Waals surface area contributed by atoms with Crippen LogP contribution in [-0.2, 0) is 10.2 Å². The molecule has 1 aliphatic rings. The molecule has 0 aliphatic heterocycles. The third-order valence-electron chi connectivity index (χ3n) is 7.19. The SMILES string of the molecule is CC(C)(CC#N)c1c([C@@H]2CC[C@@](O)(C(=O)O)C2)c2c(F)c3[nH]ncc3cc2n1-c1ccc(F)cc1. The van der Waals surface area contributed by atoms with E-state index in [1.807, 2.05) is 18.4 Å². The van der Waals surface area contributed by atoms with Gasteiger partial charge in [-0.15, -0.1) is 0 Å². The predicted molar refractivity (Wildman–Crippen MR) is 125 cm³/mol. The first-order valence-corrected chi connectivity index (χ1v) is 11.4. The van der Waals surface area contributed by atoms with Gasteiger partial charge in [-0.05, 0) is 61.1 Å². The van der Waals surface area contributed by atoms with Crippen LogP contribution in [0.15, 0.2) is 36.5 Å². The summed E-state index contributed by atoms with van der Waals surface area (Å²) in [6, 6.07) is 9.79. The zero-order chi connectivity index (χ0) is 25.1. The zero-order valence-corrected chi connectivity index (χ0v) is 19.3. The van der Waals surface area contributed by atoms with Crippen molar-refractivity contribution in [3.63, 3.8) is 0 Å². The standard InChI is InChI=1S/C26H24F2N4O3/c1-25(2,9-10-29)23-19(14-7-8-26(35,12-14)24(33)34)20-18(11-15-13-30-31-22(15)21(20)28)32(23)17-5-3-16(27)4-6-17/h3-6,11,13-14,35H,7-9,12H2,1-2H3,(H,30,31)(H,33,34)/t14-,26+/m1/s1. The number of benzene rings is 2. The number of aliphatic carboxylic acids is 1. The van der Waals surface area contributed by atoms with Crippen molar-refractivity contribution in [2.24, 2.45) is 0 Å². The molecule has 2 heterocycles. The van der Waals surface area contributed by atoms with E-state index in [1.54, 1.807) is 18.2 Å². The lowest BCUT2D eigenvalue weighted by atomic mass is 9.79. The highest BCUT2D eigenvalue weighted by Crippen LogP contribution is 2.50. The van der Waals surface area contributed by atoms with Crippen LogP contribution in [0, 0.1) is 23.0 Å². The van der Waals surface area contributed by atoms with Crippen molar-refractivity contribution in [2.75, 3.05) is 0 Å². The summed E-state index contributed by atoms with van der Waals surface area (Å²) in [5.74, 6) is -2.74. The predicted octanol–water partition coefficient (Wildman–Crippen LogP) is 5.06. The fourth-order valence-electron chi connectivity index (χ4n) is 5.50. The number of nitriles is 1. The molecule has 1 aliphatic carbocycles. The monoisotopic (exact) mass is 478 g/mol. The van der Waals surface area contributed by atoms with Gasteiger partial charge in [0, 0.05) is 34.0 Å². The molecule has 1 saturated carbocycles. The zero-order valence-electron chi connectivity index (χ0n) is 19.3. The quantitative estimate of drug-likeness (QED) is 0.371. The van der Waals surface area contributed by atoms with Crippen molar-refractivity contribution in [3.05, 3.63) is 59.4 Å². The van der Waals surface area contributed by atoms with Crippen molar-refractivity contribution >= 4 is 27.8 Å².